The summed E-state index contributed by atoms with van der Waals surface area (Å²) in [7, 11) is 0. The van der Waals surface area contributed by atoms with E-state index in [0.717, 1.165) is 37.1 Å². The van der Waals surface area contributed by atoms with Gasteiger partial charge in [-0.05, 0) is 55.2 Å². The topological polar surface area (TPSA) is 39.7 Å². The van der Waals surface area contributed by atoms with Crippen molar-refractivity contribution in [1.82, 2.24) is 5.32 Å². The molecule has 27 heavy (non-hydrogen) atoms. The van der Waals surface area contributed by atoms with Crippen LogP contribution in [0.15, 0.2) is 36.4 Å². The minimum Gasteiger partial charge on any atom is -0.490 e. The zero-order valence-corrected chi connectivity index (χ0v) is 17.0. The van der Waals surface area contributed by atoms with Crippen molar-refractivity contribution in [2.45, 2.75) is 39.0 Å². The summed E-state index contributed by atoms with van der Waals surface area (Å²) in [4.78, 5) is 0. The van der Waals surface area contributed by atoms with E-state index in [1.165, 1.54) is 0 Å². The van der Waals surface area contributed by atoms with Crippen LogP contribution in [0.25, 0.3) is 0 Å². The molecule has 1 fully saturated rings. The summed E-state index contributed by atoms with van der Waals surface area (Å²) in [6, 6.07) is 11.4. The molecule has 2 aromatic rings. The first-order valence-corrected chi connectivity index (χ1v) is 10.1. The van der Waals surface area contributed by atoms with Crippen molar-refractivity contribution < 1.29 is 14.2 Å². The van der Waals surface area contributed by atoms with Gasteiger partial charge >= 0.3 is 0 Å². The first-order valence-electron chi connectivity index (χ1n) is 9.30. The van der Waals surface area contributed by atoms with E-state index in [0.29, 0.717) is 47.4 Å². The maximum absolute atomic E-state index is 6.49. The molecule has 4 nitrogen and oxygen atoms in total. The number of ether oxygens (including phenoxy) is 3. The van der Waals surface area contributed by atoms with Crippen LogP contribution >= 0.6 is 23.2 Å². The molecule has 1 aliphatic rings. The molecule has 0 aliphatic carbocycles. The zero-order valence-electron chi connectivity index (χ0n) is 15.5. The lowest BCUT2D eigenvalue weighted by Gasteiger charge is -2.16. The zero-order chi connectivity index (χ0) is 19.1. The highest BCUT2D eigenvalue weighted by Crippen LogP contribution is 2.37. The van der Waals surface area contributed by atoms with Gasteiger partial charge in [-0.25, -0.2) is 0 Å². The lowest BCUT2D eigenvalue weighted by Crippen LogP contribution is -2.25. The summed E-state index contributed by atoms with van der Waals surface area (Å²) in [6.07, 6.45) is 2.58. The van der Waals surface area contributed by atoms with Crippen molar-refractivity contribution >= 4 is 23.2 Å². The molecule has 0 radical (unpaired) electrons. The van der Waals surface area contributed by atoms with Gasteiger partial charge in [0.2, 0.25) is 0 Å². The van der Waals surface area contributed by atoms with E-state index in [-0.39, 0.29) is 0 Å². The van der Waals surface area contributed by atoms with Gasteiger partial charge in [-0.15, -0.1) is 0 Å². The van der Waals surface area contributed by atoms with E-state index in [4.69, 9.17) is 37.4 Å². The highest BCUT2D eigenvalue weighted by molar-refractivity contribution is 6.32. The number of benzene rings is 2. The molecular weight excluding hydrogens is 385 g/mol. The minimum atomic E-state index is 0.314. The Morgan fingerprint density at radius 2 is 1.93 bits per heavy atom. The van der Waals surface area contributed by atoms with Crippen molar-refractivity contribution in [3.63, 3.8) is 0 Å². The van der Waals surface area contributed by atoms with Gasteiger partial charge in [-0.2, -0.15) is 0 Å². The Labute approximate surface area is 170 Å². The standard InChI is InChI=1S/C21H25Cl2NO3/c1-2-25-20-11-16(12-24-13-18-4-3-9-26-18)10-19(23)21(20)27-14-15-5-7-17(22)8-6-15/h5-8,10-11,18,24H,2-4,9,12-14H2,1H3/t18-/m0/s1. The Balaban J connectivity index is 1.64. The first kappa shape index (κ1) is 20.3. The predicted molar refractivity (Wildman–Crippen MR) is 109 cm³/mol. The van der Waals surface area contributed by atoms with Gasteiger partial charge < -0.3 is 19.5 Å². The molecule has 1 N–H and O–H groups in total. The van der Waals surface area contributed by atoms with Crippen molar-refractivity contribution in [3.8, 4) is 11.5 Å². The summed E-state index contributed by atoms with van der Waals surface area (Å²) >= 11 is 12.4. The van der Waals surface area contributed by atoms with Crippen LogP contribution in [0.5, 0.6) is 11.5 Å². The number of hydrogen-bond donors (Lipinski definition) is 1. The van der Waals surface area contributed by atoms with E-state index in [1.54, 1.807) is 0 Å². The number of rotatable bonds is 9. The van der Waals surface area contributed by atoms with Crippen LogP contribution < -0.4 is 14.8 Å². The fourth-order valence-electron chi connectivity index (χ4n) is 3.05. The highest BCUT2D eigenvalue weighted by Gasteiger charge is 2.16. The number of halogens is 2. The molecule has 3 rings (SSSR count). The third-order valence-electron chi connectivity index (χ3n) is 4.39. The third-order valence-corrected chi connectivity index (χ3v) is 4.92. The third kappa shape index (κ3) is 6.01. The molecule has 1 atom stereocenters. The molecule has 0 bridgehead atoms. The first-order chi connectivity index (χ1) is 13.2. The van der Waals surface area contributed by atoms with Gasteiger partial charge in [-0.3, -0.25) is 0 Å². The average molecular weight is 410 g/mol. The van der Waals surface area contributed by atoms with Gasteiger partial charge in [0.05, 0.1) is 17.7 Å². The maximum atomic E-state index is 6.49. The van der Waals surface area contributed by atoms with E-state index >= 15 is 0 Å². The average Bonchev–Trinajstić information content (AvgIpc) is 3.16. The Morgan fingerprint density at radius 1 is 1.11 bits per heavy atom. The summed E-state index contributed by atoms with van der Waals surface area (Å²) in [5, 5.41) is 4.68. The normalized spacial score (nSPS) is 16.5. The number of nitrogens with one attached hydrogen (secondary N) is 1. The molecule has 2 aromatic carbocycles. The van der Waals surface area contributed by atoms with Crippen molar-refractivity contribution in [3.05, 3.63) is 57.6 Å². The summed E-state index contributed by atoms with van der Waals surface area (Å²) in [5.74, 6) is 1.23. The predicted octanol–water partition coefficient (Wildman–Crippen LogP) is 5.24. The summed E-state index contributed by atoms with van der Waals surface area (Å²) < 4.78 is 17.3. The molecule has 146 valence electrons. The molecular formula is C21H25Cl2NO3. The molecule has 0 unspecified atom stereocenters. The summed E-state index contributed by atoms with van der Waals surface area (Å²) in [6.45, 7) is 5.30. The van der Waals surface area contributed by atoms with E-state index in [2.05, 4.69) is 5.32 Å². The molecule has 0 spiro atoms. The minimum absolute atomic E-state index is 0.314. The van der Waals surface area contributed by atoms with Crippen LogP contribution in [0.2, 0.25) is 10.0 Å². The van der Waals surface area contributed by atoms with Gasteiger partial charge in [0.15, 0.2) is 11.5 Å². The second-order valence-corrected chi connectivity index (χ2v) is 7.36. The van der Waals surface area contributed by atoms with Crippen LogP contribution in [0.3, 0.4) is 0 Å². The quantitative estimate of drug-likeness (QED) is 0.614. The highest BCUT2D eigenvalue weighted by atomic mass is 35.5. The SMILES string of the molecule is CCOc1cc(CNC[C@@H]2CCCO2)cc(Cl)c1OCc1ccc(Cl)cc1. The number of hydrogen-bond acceptors (Lipinski definition) is 4. The smallest absolute Gasteiger partial charge is 0.180 e. The van der Waals surface area contributed by atoms with Crippen LogP contribution in [0.4, 0.5) is 0 Å². The van der Waals surface area contributed by atoms with Crippen molar-refractivity contribution in [2.75, 3.05) is 19.8 Å². The van der Waals surface area contributed by atoms with Crippen LogP contribution in [-0.2, 0) is 17.9 Å². The maximum Gasteiger partial charge on any atom is 0.180 e. The lowest BCUT2D eigenvalue weighted by atomic mass is 10.2. The van der Waals surface area contributed by atoms with Crippen LogP contribution in [0, 0.1) is 0 Å². The second-order valence-electron chi connectivity index (χ2n) is 6.52. The van der Waals surface area contributed by atoms with Crippen molar-refractivity contribution in [2.24, 2.45) is 0 Å². The Kier molecular flexibility index (Phi) is 7.65. The Morgan fingerprint density at radius 3 is 2.63 bits per heavy atom. The van der Waals surface area contributed by atoms with Gasteiger partial charge in [-0.1, -0.05) is 35.3 Å². The molecule has 0 aromatic heterocycles. The van der Waals surface area contributed by atoms with Gasteiger partial charge in [0.1, 0.15) is 6.61 Å². The second kappa shape index (κ2) is 10.2. The van der Waals surface area contributed by atoms with E-state index in [9.17, 15) is 0 Å². The fourth-order valence-corrected chi connectivity index (χ4v) is 3.46. The van der Waals surface area contributed by atoms with Crippen LogP contribution in [-0.4, -0.2) is 25.9 Å². The molecule has 1 heterocycles. The fraction of sp³-hybridized carbons (Fsp3) is 0.429. The molecule has 6 heteroatoms. The molecule has 1 aliphatic heterocycles. The van der Waals surface area contributed by atoms with E-state index in [1.807, 2.05) is 43.3 Å². The van der Waals surface area contributed by atoms with Crippen LogP contribution in [0.1, 0.15) is 30.9 Å². The lowest BCUT2D eigenvalue weighted by molar-refractivity contribution is 0.110. The Bertz CT molecular complexity index is 731. The van der Waals surface area contributed by atoms with E-state index < -0.39 is 0 Å². The van der Waals surface area contributed by atoms with Gasteiger partial charge in [0, 0.05) is 24.7 Å². The Hall–Kier alpha value is -1.46. The molecule has 0 saturated carbocycles. The monoisotopic (exact) mass is 409 g/mol. The summed E-state index contributed by atoms with van der Waals surface area (Å²) in [5.41, 5.74) is 2.07. The van der Waals surface area contributed by atoms with Gasteiger partial charge in [0.25, 0.3) is 0 Å². The largest absolute Gasteiger partial charge is 0.490 e. The molecule has 1 saturated heterocycles. The van der Waals surface area contributed by atoms with Crippen molar-refractivity contribution in [1.29, 1.82) is 0 Å². The molecule has 0 amide bonds.